The Hall–Kier alpha value is -1.75. The molecule has 0 atom stereocenters. The number of nitrogens with zero attached hydrogens (tertiary/aromatic N) is 4. The quantitative estimate of drug-likeness (QED) is 0.795. The number of carbonyl (C=O) groups is 1. The molecule has 0 aliphatic heterocycles. The first-order chi connectivity index (χ1) is 9.56. The zero-order valence-electron chi connectivity index (χ0n) is 11.9. The molecule has 0 radical (unpaired) electrons. The van der Waals surface area contributed by atoms with Gasteiger partial charge in [0.2, 0.25) is 0 Å². The van der Waals surface area contributed by atoms with E-state index in [4.69, 9.17) is 11.6 Å². The number of aryl methyl sites for hydroxylation is 3. The maximum absolute atomic E-state index is 12.2. The van der Waals surface area contributed by atoms with E-state index in [0.29, 0.717) is 17.3 Å². The van der Waals surface area contributed by atoms with Crippen molar-refractivity contribution < 1.29 is 4.79 Å². The molecule has 0 fully saturated rings. The second kappa shape index (κ2) is 6.13. The largest absolute Gasteiger partial charge is 0.292 e. The third-order valence-corrected chi connectivity index (χ3v) is 3.53. The number of ketones is 1. The van der Waals surface area contributed by atoms with Crippen LogP contribution >= 0.6 is 11.6 Å². The monoisotopic (exact) mass is 292 g/mol. The van der Waals surface area contributed by atoms with Gasteiger partial charge >= 0.3 is 0 Å². The number of aromatic nitrogens is 4. The lowest BCUT2D eigenvalue weighted by molar-refractivity contribution is 0.0985. The molecule has 2 aromatic rings. The van der Waals surface area contributed by atoms with Crippen LogP contribution in [-0.4, -0.2) is 25.5 Å². The van der Waals surface area contributed by atoms with Crippen LogP contribution in [0.5, 0.6) is 0 Å². The molecule has 0 unspecified atom stereocenters. The first kappa shape index (κ1) is 14.7. The topological polar surface area (TPSA) is 60.7 Å². The van der Waals surface area contributed by atoms with Crippen molar-refractivity contribution in [2.24, 2.45) is 0 Å². The van der Waals surface area contributed by atoms with Crippen molar-refractivity contribution in [3.63, 3.8) is 0 Å². The summed E-state index contributed by atoms with van der Waals surface area (Å²) in [5, 5.41) is 4.99. The van der Waals surface area contributed by atoms with Crippen LogP contribution in [0.2, 0.25) is 5.02 Å². The summed E-state index contributed by atoms with van der Waals surface area (Å²) in [5.74, 6) is -0.100. The van der Waals surface area contributed by atoms with Crippen LogP contribution in [0.4, 0.5) is 0 Å². The van der Waals surface area contributed by atoms with Crippen LogP contribution in [0.3, 0.4) is 0 Å². The molecule has 0 saturated heterocycles. The van der Waals surface area contributed by atoms with E-state index in [1.165, 1.54) is 6.20 Å². The molecule has 0 bridgehead atoms. The molecule has 2 aromatic heterocycles. The highest BCUT2D eigenvalue weighted by Gasteiger charge is 2.18. The zero-order chi connectivity index (χ0) is 14.7. The first-order valence-corrected chi connectivity index (χ1v) is 7.00. The molecule has 0 N–H and O–H groups in total. The summed E-state index contributed by atoms with van der Waals surface area (Å²) in [6.07, 6.45) is 4.02. The summed E-state index contributed by atoms with van der Waals surface area (Å²) in [5.41, 5.74) is 2.71. The zero-order valence-corrected chi connectivity index (χ0v) is 12.6. The number of rotatable bonds is 5. The van der Waals surface area contributed by atoms with Crippen LogP contribution < -0.4 is 0 Å². The number of hydrogen-bond acceptors (Lipinski definition) is 4. The van der Waals surface area contributed by atoms with Gasteiger partial charge in [-0.25, -0.2) is 4.98 Å². The highest BCUT2D eigenvalue weighted by molar-refractivity contribution is 6.32. The molecule has 6 heteroatoms. The summed E-state index contributed by atoms with van der Waals surface area (Å²) in [6.45, 7) is 6.48. The van der Waals surface area contributed by atoms with E-state index < -0.39 is 0 Å². The van der Waals surface area contributed by atoms with E-state index in [-0.39, 0.29) is 12.2 Å². The molecular formula is C14H17ClN4O. The van der Waals surface area contributed by atoms with Crippen LogP contribution in [-0.2, 0) is 19.4 Å². The van der Waals surface area contributed by atoms with Crippen molar-refractivity contribution in [1.82, 2.24) is 19.7 Å². The second-order valence-electron chi connectivity index (χ2n) is 4.52. The van der Waals surface area contributed by atoms with Crippen molar-refractivity contribution in [2.45, 2.75) is 40.2 Å². The lowest BCUT2D eigenvalue weighted by atomic mass is 10.1. The fourth-order valence-electron chi connectivity index (χ4n) is 1.97. The van der Waals surface area contributed by atoms with Crippen molar-refractivity contribution in [2.75, 3.05) is 0 Å². The molecular weight excluding hydrogens is 276 g/mol. The van der Waals surface area contributed by atoms with Crippen LogP contribution in [0.15, 0.2) is 12.4 Å². The average molecular weight is 293 g/mol. The predicted octanol–water partition coefficient (Wildman–Crippen LogP) is 2.64. The Kier molecular flexibility index (Phi) is 4.49. The van der Waals surface area contributed by atoms with Gasteiger partial charge in [-0.3, -0.25) is 14.5 Å². The van der Waals surface area contributed by atoms with Crippen molar-refractivity contribution in [1.29, 1.82) is 0 Å². The van der Waals surface area contributed by atoms with Crippen molar-refractivity contribution >= 4 is 17.4 Å². The molecule has 5 nitrogen and oxygen atoms in total. The van der Waals surface area contributed by atoms with Crippen molar-refractivity contribution in [3.05, 3.63) is 40.2 Å². The van der Waals surface area contributed by atoms with E-state index in [1.54, 1.807) is 10.9 Å². The molecule has 2 heterocycles. The van der Waals surface area contributed by atoms with Gasteiger partial charge in [0, 0.05) is 12.7 Å². The van der Waals surface area contributed by atoms with E-state index in [9.17, 15) is 4.79 Å². The summed E-state index contributed by atoms with van der Waals surface area (Å²) in [4.78, 5) is 20.4. The standard InChI is InChI=1S/C14H17ClN4O/c1-4-10-14(15)12(19(5-2)18-10)6-13(20)11-8-16-9(3)7-17-11/h7-8H,4-6H2,1-3H3. The lowest BCUT2D eigenvalue weighted by Gasteiger charge is -2.04. The van der Waals surface area contributed by atoms with E-state index in [2.05, 4.69) is 15.1 Å². The molecule has 0 aliphatic carbocycles. The average Bonchev–Trinajstić information content (AvgIpc) is 2.76. The maximum Gasteiger partial charge on any atom is 0.188 e. The van der Waals surface area contributed by atoms with E-state index >= 15 is 0 Å². The minimum Gasteiger partial charge on any atom is -0.292 e. The van der Waals surface area contributed by atoms with Gasteiger partial charge in [0.15, 0.2) is 5.78 Å². The predicted molar refractivity (Wildman–Crippen MR) is 77.1 cm³/mol. The van der Waals surface area contributed by atoms with Crippen LogP contribution in [0.25, 0.3) is 0 Å². The van der Waals surface area contributed by atoms with E-state index in [1.807, 2.05) is 20.8 Å². The molecule has 20 heavy (non-hydrogen) atoms. The molecule has 2 rings (SSSR count). The molecule has 0 aliphatic rings. The first-order valence-electron chi connectivity index (χ1n) is 6.62. The maximum atomic E-state index is 12.2. The van der Waals surface area contributed by atoms with Gasteiger partial charge in [0.25, 0.3) is 0 Å². The summed E-state index contributed by atoms with van der Waals surface area (Å²) in [6, 6.07) is 0. The molecule has 0 spiro atoms. The molecule has 0 amide bonds. The fourth-order valence-corrected chi connectivity index (χ4v) is 2.30. The minimum absolute atomic E-state index is 0.100. The smallest absolute Gasteiger partial charge is 0.188 e. The number of carbonyl (C=O) groups excluding carboxylic acids is 1. The second-order valence-corrected chi connectivity index (χ2v) is 4.90. The SMILES string of the molecule is CCc1nn(CC)c(CC(=O)c2cnc(C)cn2)c1Cl. The number of halogens is 1. The normalized spacial score (nSPS) is 10.8. The Balaban J connectivity index is 2.27. The Bertz CT molecular complexity index is 619. The summed E-state index contributed by atoms with van der Waals surface area (Å²) in [7, 11) is 0. The highest BCUT2D eigenvalue weighted by atomic mass is 35.5. The van der Waals surface area contributed by atoms with Crippen LogP contribution in [0, 0.1) is 6.92 Å². The Morgan fingerprint density at radius 1 is 1.30 bits per heavy atom. The summed E-state index contributed by atoms with van der Waals surface area (Å²) >= 11 is 6.29. The van der Waals surface area contributed by atoms with Gasteiger partial charge in [0.1, 0.15) is 5.69 Å². The van der Waals surface area contributed by atoms with Gasteiger partial charge in [-0.2, -0.15) is 5.10 Å². The van der Waals surface area contributed by atoms with E-state index in [0.717, 1.165) is 23.5 Å². The van der Waals surface area contributed by atoms with Gasteiger partial charge in [-0.15, -0.1) is 0 Å². The number of Topliss-reactive ketones (excluding diaryl/α,β-unsaturated/α-hetero) is 1. The lowest BCUT2D eigenvalue weighted by Crippen LogP contribution is -2.11. The third-order valence-electron chi connectivity index (χ3n) is 3.09. The molecule has 106 valence electrons. The highest BCUT2D eigenvalue weighted by Crippen LogP contribution is 2.22. The van der Waals surface area contributed by atoms with Crippen molar-refractivity contribution in [3.8, 4) is 0 Å². The van der Waals surface area contributed by atoms with Crippen LogP contribution in [0.1, 0.15) is 41.4 Å². The number of hydrogen-bond donors (Lipinski definition) is 0. The van der Waals surface area contributed by atoms with Gasteiger partial charge < -0.3 is 0 Å². The van der Waals surface area contributed by atoms with Gasteiger partial charge in [-0.05, 0) is 20.3 Å². The Labute approximate surface area is 123 Å². The Morgan fingerprint density at radius 2 is 2.05 bits per heavy atom. The molecule has 0 saturated carbocycles. The molecule has 0 aromatic carbocycles. The Morgan fingerprint density at radius 3 is 2.60 bits per heavy atom. The third kappa shape index (κ3) is 2.88. The van der Waals surface area contributed by atoms with Gasteiger partial charge in [-0.1, -0.05) is 18.5 Å². The van der Waals surface area contributed by atoms with Gasteiger partial charge in [0.05, 0.1) is 34.7 Å². The summed E-state index contributed by atoms with van der Waals surface area (Å²) < 4.78 is 1.78. The fraction of sp³-hybridized carbons (Fsp3) is 0.429. The minimum atomic E-state index is -0.100.